The van der Waals surface area contributed by atoms with Gasteiger partial charge < -0.3 is 19.8 Å². The van der Waals surface area contributed by atoms with E-state index in [1.807, 2.05) is 45.0 Å². The van der Waals surface area contributed by atoms with Crippen molar-refractivity contribution < 1.29 is 24.5 Å². The number of carbonyl (C=O) groups is 2. The Labute approximate surface area is 230 Å². The van der Waals surface area contributed by atoms with Gasteiger partial charge in [0.1, 0.15) is 17.3 Å². The number of anilines is 2. The summed E-state index contributed by atoms with van der Waals surface area (Å²) in [5.74, 6) is -1.25. The fourth-order valence-corrected chi connectivity index (χ4v) is 5.17. The van der Waals surface area contributed by atoms with Crippen molar-refractivity contribution >= 4 is 28.8 Å². The monoisotopic (exact) mass is 528 g/mol. The van der Waals surface area contributed by atoms with Gasteiger partial charge in [-0.15, -0.1) is 0 Å². The zero-order valence-electron chi connectivity index (χ0n) is 23.4. The first-order valence-corrected chi connectivity index (χ1v) is 13.3. The van der Waals surface area contributed by atoms with Crippen LogP contribution < -0.4 is 14.5 Å². The van der Waals surface area contributed by atoms with Gasteiger partial charge >= 0.3 is 0 Å². The highest BCUT2D eigenvalue weighted by Gasteiger charge is 2.47. The van der Waals surface area contributed by atoms with Crippen LogP contribution in [0.2, 0.25) is 0 Å². The van der Waals surface area contributed by atoms with Crippen LogP contribution in [0, 0.1) is 6.92 Å². The summed E-state index contributed by atoms with van der Waals surface area (Å²) in [5.41, 5.74) is 3.93. The molecule has 1 fully saturated rings. The van der Waals surface area contributed by atoms with E-state index in [2.05, 4.69) is 18.7 Å². The van der Waals surface area contributed by atoms with Crippen LogP contribution in [-0.4, -0.2) is 42.1 Å². The largest absolute Gasteiger partial charge is 0.507 e. The van der Waals surface area contributed by atoms with E-state index in [1.165, 1.54) is 11.0 Å². The molecule has 3 aromatic carbocycles. The lowest BCUT2D eigenvalue weighted by atomic mass is 9.93. The van der Waals surface area contributed by atoms with Gasteiger partial charge in [-0.1, -0.05) is 32.0 Å². The highest BCUT2D eigenvalue weighted by molar-refractivity contribution is 6.52. The van der Waals surface area contributed by atoms with Gasteiger partial charge in [-0.25, -0.2) is 0 Å². The highest BCUT2D eigenvalue weighted by atomic mass is 16.5. The van der Waals surface area contributed by atoms with Crippen molar-refractivity contribution in [3.8, 4) is 11.5 Å². The Balaban J connectivity index is 1.95. The van der Waals surface area contributed by atoms with Crippen LogP contribution >= 0.6 is 0 Å². The van der Waals surface area contributed by atoms with Crippen LogP contribution in [0.15, 0.2) is 66.2 Å². The van der Waals surface area contributed by atoms with Crippen molar-refractivity contribution in [3.05, 3.63) is 88.5 Å². The van der Waals surface area contributed by atoms with Crippen molar-refractivity contribution in [2.75, 3.05) is 30.0 Å². The van der Waals surface area contributed by atoms with Crippen molar-refractivity contribution in [2.24, 2.45) is 0 Å². The van der Waals surface area contributed by atoms with Gasteiger partial charge in [0.2, 0.25) is 0 Å². The molecule has 1 atom stereocenters. The molecule has 1 amide bonds. The number of hydrogen-bond donors (Lipinski definition) is 2. The maximum absolute atomic E-state index is 13.6. The van der Waals surface area contributed by atoms with E-state index in [4.69, 9.17) is 4.74 Å². The molecule has 0 aromatic heterocycles. The zero-order valence-corrected chi connectivity index (χ0v) is 23.4. The first-order chi connectivity index (χ1) is 18.6. The summed E-state index contributed by atoms with van der Waals surface area (Å²) in [6, 6.07) is 16.8. The van der Waals surface area contributed by atoms with Crippen molar-refractivity contribution in [1.82, 2.24) is 0 Å². The van der Waals surface area contributed by atoms with Gasteiger partial charge in [0.25, 0.3) is 11.7 Å². The van der Waals surface area contributed by atoms with Gasteiger partial charge in [-0.05, 0) is 85.8 Å². The molecule has 7 nitrogen and oxygen atoms in total. The normalized spacial score (nSPS) is 16.7. The topological polar surface area (TPSA) is 90.3 Å². The Hall–Kier alpha value is -4.26. The van der Waals surface area contributed by atoms with E-state index in [1.54, 1.807) is 37.4 Å². The van der Waals surface area contributed by atoms with Crippen LogP contribution in [0.1, 0.15) is 61.9 Å². The second-order valence-electron chi connectivity index (χ2n) is 10.0. The number of hydrogen-bond acceptors (Lipinski definition) is 6. The molecule has 1 aliphatic rings. The van der Waals surface area contributed by atoms with Crippen molar-refractivity contribution in [2.45, 2.75) is 46.6 Å². The molecule has 7 heteroatoms. The number of phenolic OH excluding ortho intramolecular Hbond substituents is 1. The molecular formula is C32H36N2O5. The third-order valence-electron chi connectivity index (χ3n) is 7.30. The van der Waals surface area contributed by atoms with E-state index >= 15 is 0 Å². The molecule has 0 spiro atoms. The Bertz CT molecular complexity index is 1420. The number of nitrogens with zero attached hydrogens (tertiary/aromatic N) is 2. The Morgan fingerprint density at radius 3 is 2.26 bits per heavy atom. The number of rotatable bonds is 8. The first kappa shape index (κ1) is 27.8. The summed E-state index contributed by atoms with van der Waals surface area (Å²) >= 11 is 0. The standard InChI is InChI=1S/C32H36N2O5/c1-7-33(8-2)23-13-10-21(11-14-23)29-28(30(36)22-12-16-27(39-6)24(18-22)19(3)4)31(37)32(38)34(29)25-17-20(5)9-15-26(25)35/h9-19,29,35-36H,7-8H2,1-6H3/b30-28-. The summed E-state index contributed by atoms with van der Waals surface area (Å²) in [5, 5.41) is 22.3. The number of aryl methyl sites for hydroxylation is 1. The minimum absolute atomic E-state index is 0.0311. The summed E-state index contributed by atoms with van der Waals surface area (Å²) in [6.07, 6.45) is 0. The number of aliphatic hydroxyl groups excluding tert-OH is 1. The number of ether oxygens (including phenoxy) is 1. The lowest BCUT2D eigenvalue weighted by Crippen LogP contribution is -2.29. The van der Waals surface area contributed by atoms with Crippen LogP contribution in [0.5, 0.6) is 11.5 Å². The average molecular weight is 529 g/mol. The van der Waals surface area contributed by atoms with E-state index < -0.39 is 17.7 Å². The summed E-state index contributed by atoms with van der Waals surface area (Å²) in [7, 11) is 1.59. The minimum atomic E-state index is -0.937. The SMILES string of the molecule is CCN(CC)c1ccc(C2/C(=C(/O)c3ccc(OC)c(C(C)C)c3)C(=O)C(=O)N2c2cc(C)ccc2O)cc1. The van der Waals surface area contributed by atoms with Crippen LogP contribution in [0.25, 0.3) is 5.76 Å². The molecule has 0 saturated carbocycles. The molecule has 39 heavy (non-hydrogen) atoms. The predicted octanol–water partition coefficient (Wildman–Crippen LogP) is 6.31. The van der Waals surface area contributed by atoms with Gasteiger partial charge in [0.05, 0.1) is 24.4 Å². The van der Waals surface area contributed by atoms with Crippen molar-refractivity contribution in [3.63, 3.8) is 0 Å². The molecule has 0 radical (unpaired) electrons. The third-order valence-corrected chi connectivity index (χ3v) is 7.30. The number of aliphatic hydroxyl groups is 1. The second-order valence-corrected chi connectivity index (χ2v) is 10.0. The fourth-order valence-electron chi connectivity index (χ4n) is 5.17. The predicted molar refractivity (Wildman–Crippen MR) is 155 cm³/mol. The molecule has 1 aliphatic heterocycles. The fraction of sp³-hybridized carbons (Fsp3) is 0.312. The lowest BCUT2D eigenvalue weighted by molar-refractivity contribution is -0.132. The third kappa shape index (κ3) is 5.09. The van der Waals surface area contributed by atoms with E-state index in [0.29, 0.717) is 16.9 Å². The number of carbonyl (C=O) groups excluding carboxylic acids is 2. The molecule has 2 N–H and O–H groups in total. The van der Waals surface area contributed by atoms with Gasteiger partial charge in [-0.3, -0.25) is 14.5 Å². The van der Waals surface area contributed by atoms with Gasteiger partial charge in [0, 0.05) is 24.3 Å². The molecular weight excluding hydrogens is 492 g/mol. The number of amides is 1. The minimum Gasteiger partial charge on any atom is -0.507 e. The summed E-state index contributed by atoms with van der Waals surface area (Å²) < 4.78 is 5.48. The maximum Gasteiger partial charge on any atom is 0.300 e. The van der Waals surface area contributed by atoms with Gasteiger partial charge in [-0.2, -0.15) is 0 Å². The Morgan fingerprint density at radius 2 is 1.67 bits per heavy atom. The first-order valence-electron chi connectivity index (χ1n) is 13.3. The Kier molecular flexibility index (Phi) is 8.00. The van der Waals surface area contributed by atoms with Crippen LogP contribution in [0.3, 0.4) is 0 Å². The molecule has 1 unspecified atom stereocenters. The van der Waals surface area contributed by atoms with Crippen molar-refractivity contribution in [1.29, 1.82) is 0 Å². The molecule has 1 saturated heterocycles. The number of aromatic hydroxyl groups is 1. The molecule has 1 heterocycles. The van der Waals surface area contributed by atoms with Crippen LogP contribution in [-0.2, 0) is 9.59 Å². The summed E-state index contributed by atoms with van der Waals surface area (Å²) in [4.78, 5) is 30.6. The molecule has 3 aromatic rings. The summed E-state index contributed by atoms with van der Waals surface area (Å²) in [6.45, 7) is 11.7. The number of phenols is 1. The van der Waals surface area contributed by atoms with E-state index in [9.17, 15) is 19.8 Å². The highest BCUT2D eigenvalue weighted by Crippen LogP contribution is 2.45. The number of methoxy groups -OCH3 is 1. The second kappa shape index (κ2) is 11.2. The number of Topliss-reactive ketones (excluding diaryl/α,β-unsaturated/α-hetero) is 1. The molecule has 0 bridgehead atoms. The molecule has 4 rings (SSSR count). The average Bonchev–Trinajstić information content (AvgIpc) is 3.20. The maximum atomic E-state index is 13.6. The molecule has 204 valence electrons. The smallest absolute Gasteiger partial charge is 0.300 e. The molecule has 0 aliphatic carbocycles. The lowest BCUT2D eigenvalue weighted by Gasteiger charge is -2.27. The Morgan fingerprint density at radius 1 is 1.00 bits per heavy atom. The quantitative estimate of drug-likeness (QED) is 0.202. The zero-order chi connectivity index (χ0) is 28.4. The number of benzene rings is 3. The van der Waals surface area contributed by atoms with E-state index in [0.717, 1.165) is 29.9 Å². The van der Waals surface area contributed by atoms with E-state index in [-0.39, 0.29) is 28.7 Å². The number of ketones is 1. The van der Waals surface area contributed by atoms with Gasteiger partial charge in [0.15, 0.2) is 0 Å². The van der Waals surface area contributed by atoms with Crippen LogP contribution in [0.4, 0.5) is 11.4 Å².